The zero-order valence-corrected chi connectivity index (χ0v) is 19.5. The molecule has 2 N–H and O–H groups in total. The fraction of sp³-hybridized carbons (Fsp3) is 0.423. The Morgan fingerprint density at radius 3 is 2.63 bits per heavy atom. The summed E-state index contributed by atoms with van der Waals surface area (Å²) in [6.07, 6.45) is 8.20. The van der Waals surface area contributed by atoms with Gasteiger partial charge in [0.15, 0.2) is 5.76 Å². The lowest BCUT2D eigenvalue weighted by molar-refractivity contribution is -0.384. The summed E-state index contributed by atoms with van der Waals surface area (Å²) in [5, 5.41) is 18.3. The minimum absolute atomic E-state index is 0.114. The van der Waals surface area contributed by atoms with E-state index in [9.17, 15) is 14.5 Å². The third-order valence-corrected chi connectivity index (χ3v) is 6.99. The number of aromatic nitrogens is 1. The number of non-ortho nitro benzene ring substituents is 1. The fourth-order valence-electron chi connectivity index (χ4n) is 5.21. The van der Waals surface area contributed by atoms with Gasteiger partial charge in [0, 0.05) is 54.6 Å². The van der Waals surface area contributed by atoms with Crippen LogP contribution in [-0.2, 0) is 0 Å². The summed E-state index contributed by atoms with van der Waals surface area (Å²) in [5.41, 5.74) is 1.80. The van der Waals surface area contributed by atoms with E-state index < -0.39 is 0 Å². The van der Waals surface area contributed by atoms with Gasteiger partial charge in [-0.2, -0.15) is 0 Å². The summed E-state index contributed by atoms with van der Waals surface area (Å²) in [7, 11) is 0. The number of nitrogens with zero attached hydrogens (tertiary/aromatic N) is 3. The number of nitrogens with one attached hydrogen (secondary N) is 2. The number of hydrogen-bond donors (Lipinski definition) is 2. The van der Waals surface area contributed by atoms with E-state index >= 15 is 0 Å². The van der Waals surface area contributed by atoms with Crippen LogP contribution in [0.15, 0.2) is 59.1 Å². The van der Waals surface area contributed by atoms with Crippen LogP contribution in [-0.4, -0.2) is 41.1 Å². The Hall–Kier alpha value is -3.46. The minimum Gasteiger partial charge on any atom is -0.424 e. The van der Waals surface area contributed by atoms with E-state index in [1.165, 1.54) is 18.6 Å². The molecule has 184 valence electrons. The number of hydrogen-bond acceptors (Lipinski definition) is 7. The molecule has 5 rings (SSSR count). The Morgan fingerprint density at radius 1 is 1.06 bits per heavy atom. The molecule has 3 atom stereocenters. The third-order valence-electron chi connectivity index (χ3n) is 6.99. The molecule has 1 saturated heterocycles. The Balaban J connectivity index is 1.22. The van der Waals surface area contributed by atoms with Gasteiger partial charge < -0.3 is 20.0 Å². The minimum atomic E-state index is -0.366. The molecule has 0 radical (unpaired) electrons. The molecule has 9 heteroatoms. The topological polar surface area (TPSA) is 96.5 Å². The Kier molecular flexibility index (Phi) is 6.94. The number of anilines is 2. The van der Waals surface area contributed by atoms with Crippen molar-refractivity contribution < 1.29 is 13.7 Å². The quantitative estimate of drug-likeness (QED) is 0.347. The van der Waals surface area contributed by atoms with E-state index in [4.69, 9.17) is 4.42 Å². The average Bonchev–Trinajstić information content (AvgIpc) is 3.34. The standard InChI is InChI=1S/C26H30FN5O3/c27-19-6-3-5-18(15-19)25-16-28-26(35-25)30-24-9-2-1-8-23(24)29-20-7-4-14-31(17-20)21-10-12-22(13-11-21)32(33)34/h3,5-6,10-13,15-16,20,23-24,29H,1-2,4,7-9,14,17H2,(H,28,30)/t20-,23+,24+/m0/s1. The van der Waals surface area contributed by atoms with Crippen molar-refractivity contribution >= 4 is 17.4 Å². The third kappa shape index (κ3) is 5.62. The first-order chi connectivity index (χ1) is 17.0. The molecule has 0 unspecified atom stereocenters. The number of rotatable bonds is 7. The number of nitro benzene ring substituents is 1. The molecular formula is C26H30FN5O3. The van der Waals surface area contributed by atoms with Crippen LogP contribution in [0.1, 0.15) is 38.5 Å². The molecule has 2 aliphatic rings. The second kappa shape index (κ2) is 10.4. The highest BCUT2D eigenvalue weighted by Gasteiger charge is 2.30. The average molecular weight is 480 g/mol. The van der Waals surface area contributed by atoms with Crippen molar-refractivity contribution in [1.82, 2.24) is 10.3 Å². The maximum atomic E-state index is 13.6. The molecule has 1 saturated carbocycles. The number of benzene rings is 2. The predicted molar refractivity (Wildman–Crippen MR) is 133 cm³/mol. The lowest BCUT2D eigenvalue weighted by Crippen LogP contribution is -2.54. The van der Waals surface area contributed by atoms with Gasteiger partial charge in [0.25, 0.3) is 11.7 Å². The number of nitro groups is 1. The van der Waals surface area contributed by atoms with Gasteiger partial charge in [-0.05, 0) is 49.9 Å². The first kappa shape index (κ1) is 23.3. The van der Waals surface area contributed by atoms with E-state index in [-0.39, 0.29) is 28.5 Å². The van der Waals surface area contributed by atoms with Crippen molar-refractivity contribution in [2.75, 3.05) is 23.3 Å². The summed E-state index contributed by atoms with van der Waals surface area (Å²) in [6.45, 7) is 1.81. The Labute approximate surface area is 203 Å². The SMILES string of the molecule is O=[N+]([O-])c1ccc(N2CCC[C@H](N[C@@H]3CCCC[C@H]3Nc3ncc(-c4cccc(F)c4)o3)C2)cc1. The van der Waals surface area contributed by atoms with E-state index in [1.807, 2.05) is 12.1 Å². The number of piperidine rings is 1. The lowest BCUT2D eigenvalue weighted by Gasteiger charge is -2.40. The molecule has 2 aromatic carbocycles. The van der Waals surface area contributed by atoms with Crippen LogP contribution in [0.25, 0.3) is 11.3 Å². The van der Waals surface area contributed by atoms with Crippen LogP contribution in [0.5, 0.6) is 0 Å². The molecule has 35 heavy (non-hydrogen) atoms. The molecule has 3 aromatic rings. The molecule has 1 aromatic heterocycles. The molecule has 1 aliphatic heterocycles. The highest BCUT2D eigenvalue weighted by molar-refractivity contribution is 5.57. The van der Waals surface area contributed by atoms with Gasteiger partial charge in [-0.15, -0.1) is 0 Å². The van der Waals surface area contributed by atoms with Crippen LogP contribution in [0.3, 0.4) is 0 Å². The van der Waals surface area contributed by atoms with Gasteiger partial charge in [-0.1, -0.05) is 25.0 Å². The smallest absolute Gasteiger partial charge is 0.295 e. The zero-order chi connectivity index (χ0) is 24.2. The lowest BCUT2D eigenvalue weighted by atomic mass is 9.89. The maximum absolute atomic E-state index is 13.6. The van der Waals surface area contributed by atoms with Gasteiger partial charge in [0.2, 0.25) is 0 Å². The van der Waals surface area contributed by atoms with Crippen LogP contribution in [0.2, 0.25) is 0 Å². The van der Waals surface area contributed by atoms with E-state index in [1.54, 1.807) is 30.5 Å². The molecule has 0 spiro atoms. The second-order valence-corrected chi connectivity index (χ2v) is 9.41. The summed E-state index contributed by atoms with van der Waals surface area (Å²) in [4.78, 5) is 17.3. The van der Waals surface area contributed by atoms with E-state index in [0.717, 1.165) is 50.9 Å². The van der Waals surface area contributed by atoms with Gasteiger partial charge in [0.05, 0.1) is 11.1 Å². The molecule has 2 heterocycles. The summed E-state index contributed by atoms with van der Waals surface area (Å²) in [6, 6.07) is 14.4. The van der Waals surface area contributed by atoms with Gasteiger partial charge in [-0.25, -0.2) is 9.37 Å². The van der Waals surface area contributed by atoms with E-state index in [2.05, 4.69) is 20.5 Å². The van der Waals surface area contributed by atoms with Crippen molar-refractivity contribution in [3.8, 4) is 11.3 Å². The maximum Gasteiger partial charge on any atom is 0.295 e. The van der Waals surface area contributed by atoms with Gasteiger partial charge in [0.1, 0.15) is 5.82 Å². The first-order valence-corrected chi connectivity index (χ1v) is 12.3. The van der Waals surface area contributed by atoms with Crippen LogP contribution in [0, 0.1) is 15.9 Å². The predicted octanol–water partition coefficient (Wildman–Crippen LogP) is 5.37. The molecule has 8 nitrogen and oxygen atoms in total. The van der Waals surface area contributed by atoms with Crippen molar-refractivity contribution in [2.45, 2.75) is 56.7 Å². The van der Waals surface area contributed by atoms with Crippen LogP contribution >= 0.6 is 0 Å². The highest BCUT2D eigenvalue weighted by atomic mass is 19.1. The normalized spacial score (nSPS) is 22.7. The Bertz CT molecular complexity index is 1150. The molecule has 1 aliphatic carbocycles. The zero-order valence-electron chi connectivity index (χ0n) is 19.5. The van der Waals surface area contributed by atoms with Crippen LogP contribution < -0.4 is 15.5 Å². The number of oxazole rings is 1. The fourth-order valence-corrected chi connectivity index (χ4v) is 5.21. The van der Waals surface area contributed by atoms with Gasteiger partial charge in [-0.3, -0.25) is 10.1 Å². The van der Waals surface area contributed by atoms with Gasteiger partial charge >= 0.3 is 0 Å². The highest BCUT2D eigenvalue weighted by Crippen LogP contribution is 2.28. The second-order valence-electron chi connectivity index (χ2n) is 9.41. The Morgan fingerprint density at radius 2 is 1.86 bits per heavy atom. The van der Waals surface area contributed by atoms with Crippen molar-refractivity contribution in [1.29, 1.82) is 0 Å². The van der Waals surface area contributed by atoms with Crippen LogP contribution in [0.4, 0.5) is 21.8 Å². The van der Waals surface area contributed by atoms with Crippen molar-refractivity contribution in [3.05, 3.63) is 70.7 Å². The molecular weight excluding hydrogens is 449 g/mol. The van der Waals surface area contributed by atoms with Crippen molar-refractivity contribution in [2.24, 2.45) is 0 Å². The number of halogens is 1. The summed E-state index contributed by atoms with van der Waals surface area (Å²) in [5.74, 6) is 0.235. The summed E-state index contributed by atoms with van der Waals surface area (Å²) >= 11 is 0. The van der Waals surface area contributed by atoms with Crippen molar-refractivity contribution in [3.63, 3.8) is 0 Å². The monoisotopic (exact) mass is 479 g/mol. The first-order valence-electron chi connectivity index (χ1n) is 12.3. The van der Waals surface area contributed by atoms with E-state index in [0.29, 0.717) is 23.4 Å². The largest absolute Gasteiger partial charge is 0.424 e. The molecule has 0 bridgehead atoms. The molecule has 0 amide bonds. The summed E-state index contributed by atoms with van der Waals surface area (Å²) < 4.78 is 19.5. The molecule has 2 fully saturated rings.